The molecule has 2 aliphatic heterocycles. The second-order valence-electron chi connectivity index (χ2n) is 5.45. The molecule has 1 fully saturated rings. The van der Waals surface area contributed by atoms with Gasteiger partial charge in [0.2, 0.25) is 0 Å². The van der Waals surface area contributed by atoms with Gasteiger partial charge >= 0.3 is 5.97 Å². The van der Waals surface area contributed by atoms with Crippen LogP contribution in [0, 0.1) is 0 Å². The minimum absolute atomic E-state index is 0.165. The minimum Gasteiger partial charge on any atom is -0.480 e. The summed E-state index contributed by atoms with van der Waals surface area (Å²) in [7, 11) is 0. The topological polar surface area (TPSA) is 72.9 Å². The summed E-state index contributed by atoms with van der Waals surface area (Å²) in [6.07, 6.45) is 2.24. The van der Waals surface area contributed by atoms with Gasteiger partial charge in [0, 0.05) is 6.04 Å². The van der Waals surface area contributed by atoms with Gasteiger partial charge in [-0.25, -0.2) is 0 Å². The van der Waals surface area contributed by atoms with Crippen LogP contribution in [0.25, 0.3) is 0 Å². The summed E-state index contributed by atoms with van der Waals surface area (Å²) >= 11 is 0. The molecule has 0 radical (unpaired) electrons. The van der Waals surface area contributed by atoms with E-state index in [1.807, 2.05) is 24.3 Å². The first-order valence-corrected chi connectivity index (χ1v) is 7.24. The molecule has 0 amide bonds. The molecule has 0 aliphatic carbocycles. The lowest BCUT2D eigenvalue weighted by molar-refractivity contribution is -0.135. The number of para-hydroxylation sites is 2. The van der Waals surface area contributed by atoms with E-state index in [1.165, 1.54) is 0 Å². The predicted octanol–water partition coefficient (Wildman–Crippen LogP) is 0.675. The van der Waals surface area contributed by atoms with Crippen molar-refractivity contribution in [1.29, 1.82) is 0 Å². The molecule has 1 aromatic rings. The van der Waals surface area contributed by atoms with Gasteiger partial charge in [-0.05, 0) is 38.1 Å². The van der Waals surface area contributed by atoms with Crippen molar-refractivity contribution < 1.29 is 14.7 Å². The van der Waals surface area contributed by atoms with Gasteiger partial charge in [0.05, 0.1) is 11.4 Å². The molecule has 1 unspecified atom stereocenters. The van der Waals surface area contributed by atoms with Crippen LogP contribution in [0.2, 0.25) is 0 Å². The largest absolute Gasteiger partial charge is 0.480 e. The first-order chi connectivity index (χ1) is 10.2. The van der Waals surface area contributed by atoms with Crippen LogP contribution >= 0.6 is 0 Å². The molecule has 2 N–H and O–H groups in total. The maximum atomic E-state index is 11.6. The molecule has 0 saturated carbocycles. The number of aliphatic carboxylic acids is 1. The third-order valence-corrected chi connectivity index (χ3v) is 4.20. The van der Waals surface area contributed by atoms with E-state index in [0.29, 0.717) is 0 Å². The summed E-state index contributed by atoms with van der Waals surface area (Å²) in [5.74, 6) is -0.927. The summed E-state index contributed by atoms with van der Waals surface area (Å²) in [6.45, 7) is 1.68. The SMILES string of the molecule is O=CC1N(CC(=O)O)c2ccccc2N1C1CCNCC1. The summed E-state index contributed by atoms with van der Waals surface area (Å²) < 4.78 is 0. The van der Waals surface area contributed by atoms with Gasteiger partial charge in [-0.15, -0.1) is 0 Å². The molecule has 0 aromatic heterocycles. The van der Waals surface area contributed by atoms with Gasteiger partial charge < -0.3 is 20.2 Å². The Kier molecular flexibility index (Phi) is 3.79. The highest BCUT2D eigenvalue weighted by atomic mass is 16.4. The van der Waals surface area contributed by atoms with Crippen LogP contribution < -0.4 is 15.1 Å². The lowest BCUT2D eigenvalue weighted by atomic mass is 10.0. The van der Waals surface area contributed by atoms with Crippen molar-refractivity contribution in [1.82, 2.24) is 5.32 Å². The Balaban J connectivity index is 1.98. The summed E-state index contributed by atoms with van der Waals surface area (Å²) in [6, 6.07) is 7.92. The summed E-state index contributed by atoms with van der Waals surface area (Å²) in [4.78, 5) is 26.5. The smallest absolute Gasteiger partial charge is 0.323 e. The third kappa shape index (κ3) is 2.47. The first kappa shape index (κ1) is 13.9. The van der Waals surface area contributed by atoms with Crippen molar-refractivity contribution >= 4 is 23.6 Å². The van der Waals surface area contributed by atoms with Crippen molar-refractivity contribution in [2.45, 2.75) is 25.0 Å². The average molecular weight is 289 g/mol. The number of hydrogen-bond donors (Lipinski definition) is 2. The first-order valence-electron chi connectivity index (χ1n) is 7.24. The van der Waals surface area contributed by atoms with E-state index in [0.717, 1.165) is 43.6 Å². The molecule has 1 aromatic carbocycles. The number of aldehydes is 1. The van der Waals surface area contributed by atoms with Gasteiger partial charge in [-0.2, -0.15) is 0 Å². The number of carbonyl (C=O) groups excluding carboxylic acids is 1. The van der Waals surface area contributed by atoms with Gasteiger partial charge in [0.15, 0.2) is 12.5 Å². The van der Waals surface area contributed by atoms with Crippen molar-refractivity contribution in [3.63, 3.8) is 0 Å². The van der Waals surface area contributed by atoms with E-state index >= 15 is 0 Å². The van der Waals surface area contributed by atoms with Crippen molar-refractivity contribution in [3.8, 4) is 0 Å². The molecule has 6 heteroatoms. The Bertz CT molecular complexity index is 543. The second kappa shape index (κ2) is 5.73. The molecular formula is C15H19N3O3. The Morgan fingerprint density at radius 3 is 2.57 bits per heavy atom. The summed E-state index contributed by atoms with van der Waals surface area (Å²) in [5.41, 5.74) is 1.79. The number of hydrogen-bond acceptors (Lipinski definition) is 5. The van der Waals surface area contributed by atoms with E-state index in [2.05, 4.69) is 10.2 Å². The number of benzene rings is 1. The highest BCUT2D eigenvalue weighted by molar-refractivity contribution is 5.89. The average Bonchev–Trinajstić information content (AvgIpc) is 2.81. The van der Waals surface area contributed by atoms with Gasteiger partial charge in [-0.1, -0.05) is 12.1 Å². The Hall–Kier alpha value is -2.08. The van der Waals surface area contributed by atoms with Crippen LogP contribution in [-0.4, -0.2) is 49.2 Å². The number of anilines is 2. The standard InChI is InChI=1S/C15H19N3O3/c19-10-14-17(9-15(20)21)12-3-1-2-4-13(12)18(14)11-5-7-16-8-6-11/h1-4,10-11,14,16H,5-9H2,(H,20,21). The van der Waals surface area contributed by atoms with E-state index in [4.69, 9.17) is 5.11 Å². The van der Waals surface area contributed by atoms with E-state index in [1.54, 1.807) is 4.90 Å². The zero-order chi connectivity index (χ0) is 14.8. The number of nitrogens with one attached hydrogen (secondary N) is 1. The van der Waals surface area contributed by atoms with Crippen LogP contribution in [-0.2, 0) is 9.59 Å². The molecule has 1 saturated heterocycles. The van der Waals surface area contributed by atoms with Crippen molar-refractivity contribution in [3.05, 3.63) is 24.3 Å². The second-order valence-corrected chi connectivity index (χ2v) is 5.45. The van der Waals surface area contributed by atoms with Gasteiger partial charge in [-0.3, -0.25) is 9.59 Å². The van der Waals surface area contributed by atoms with E-state index < -0.39 is 12.1 Å². The van der Waals surface area contributed by atoms with E-state index in [9.17, 15) is 9.59 Å². The molecule has 1 atom stereocenters. The van der Waals surface area contributed by atoms with Crippen LogP contribution in [0.4, 0.5) is 11.4 Å². The van der Waals surface area contributed by atoms with Gasteiger partial charge in [0.1, 0.15) is 6.54 Å². The number of carboxylic acid groups (broad SMARTS) is 1. The van der Waals surface area contributed by atoms with E-state index in [-0.39, 0.29) is 12.6 Å². The van der Waals surface area contributed by atoms with Crippen molar-refractivity contribution in [2.24, 2.45) is 0 Å². The van der Waals surface area contributed by atoms with Crippen LogP contribution in [0.15, 0.2) is 24.3 Å². The molecule has 6 nitrogen and oxygen atoms in total. The number of rotatable bonds is 4. The maximum absolute atomic E-state index is 11.6. The normalized spacial score (nSPS) is 22.2. The molecule has 0 bridgehead atoms. The molecule has 21 heavy (non-hydrogen) atoms. The zero-order valence-electron chi connectivity index (χ0n) is 11.7. The fourth-order valence-corrected chi connectivity index (χ4v) is 3.32. The maximum Gasteiger partial charge on any atom is 0.323 e. The predicted molar refractivity (Wildman–Crippen MR) is 79.6 cm³/mol. The van der Waals surface area contributed by atoms with Crippen LogP contribution in [0.1, 0.15) is 12.8 Å². The van der Waals surface area contributed by atoms with Crippen molar-refractivity contribution in [2.75, 3.05) is 29.4 Å². The Labute approximate surface area is 123 Å². The number of fused-ring (bicyclic) bond motifs is 1. The third-order valence-electron chi connectivity index (χ3n) is 4.20. The fourth-order valence-electron chi connectivity index (χ4n) is 3.32. The minimum atomic E-state index is -0.927. The lowest BCUT2D eigenvalue weighted by Gasteiger charge is -2.37. The zero-order valence-corrected chi connectivity index (χ0v) is 11.7. The number of nitrogens with zero attached hydrogens (tertiary/aromatic N) is 2. The molecule has 112 valence electrons. The Morgan fingerprint density at radius 2 is 1.95 bits per heavy atom. The number of carboxylic acids is 1. The number of piperidine rings is 1. The highest BCUT2D eigenvalue weighted by Gasteiger charge is 2.40. The Morgan fingerprint density at radius 1 is 1.29 bits per heavy atom. The van der Waals surface area contributed by atoms with Crippen LogP contribution in [0.5, 0.6) is 0 Å². The lowest BCUT2D eigenvalue weighted by Crippen LogP contribution is -2.53. The molecular weight excluding hydrogens is 270 g/mol. The monoisotopic (exact) mass is 289 g/mol. The molecule has 0 spiro atoms. The highest BCUT2D eigenvalue weighted by Crippen LogP contribution is 2.41. The number of carbonyl (C=O) groups is 2. The molecule has 2 aliphatic rings. The van der Waals surface area contributed by atoms with Gasteiger partial charge in [0.25, 0.3) is 0 Å². The quantitative estimate of drug-likeness (QED) is 0.794. The molecule has 2 heterocycles. The fraction of sp³-hybridized carbons (Fsp3) is 0.467. The van der Waals surface area contributed by atoms with Crippen LogP contribution in [0.3, 0.4) is 0 Å². The summed E-state index contributed by atoms with van der Waals surface area (Å²) in [5, 5.41) is 12.4. The molecule has 3 rings (SSSR count).